The topological polar surface area (TPSA) is 64.7 Å². The van der Waals surface area contributed by atoms with Gasteiger partial charge in [-0.15, -0.1) is 4.91 Å². The van der Waals surface area contributed by atoms with Crippen LogP contribution in [0.5, 0.6) is 0 Å². The van der Waals surface area contributed by atoms with Crippen LogP contribution in [0.25, 0.3) is 0 Å². The van der Waals surface area contributed by atoms with E-state index in [1.54, 1.807) is 6.92 Å². The molecule has 2 N–H and O–H groups in total. The van der Waals surface area contributed by atoms with Gasteiger partial charge in [0.15, 0.2) is 5.34 Å². The SMILES string of the molecule is C[C@@H](N)CON=O. The van der Waals surface area contributed by atoms with Gasteiger partial charge < -0.3 is 10.6 Å². The third-order valence-electron chi connectivity index (χ3n) is 0.390. The van der Waals surface area contributed by atoms with Crippen LogP contribution in [0.15, 0.2) is 5.34 Å². The van der Waals surface area contributed by atoms with Crippen LogP contribution in [0.1, 0.15) is 6.92 Å². The molecule has 0 fully saturated rings. The molecular formula is C3H8N2O2. The van der Waals surface area contributed by atoms with Gasteiger partial charge in [0.05, 0.1) is 0 Å². The van der Waals surface area contributed by atoms with Gasteiger partial charge in [-0.05, 0) is 6.92 Å². The Morgan fingerprint density at radius 1 is 2.00 bits per heavy atom. The van der Waals surface area contributed by atoms with Crippen molar-refractivity contribution in [2.75, 3.05) is 6.61 Å². The van der Waals surface area contributed by atoms with E-state index in [9.17, 15) is 4.91 Å². The second kappa shape index (κ2) is 3.55. The molecule has 1 atom stereocenters. The summed E-state index contributed by atoms with van der Waals surface area (Å²) in [6, 6.07) is -0.113. The maximum atomic E-state index is 9.18. The molecule has 42 valence electrons. The van der Waals surface area contributed by atoms with E-state index in [1.807, 2.05) is 0 Å². The summed E-state index contributed by atoms with van der Waals surface area (Å²) >= 11 is 0. The fourth-order valence-electron chi connectivity index (χ4n) is 0.148. The normalized spacial score (nSPS) is 12.9. The number of rotatable bonds is 3. The Bertz CT molecular complexity index is 54.9. The molecule has 7 heavy (non-hydrogen) atoms. The highest BCUT2D eigenvalue weighted by Crippen LogP contribution is 1.76. The molecule has 4 heteroatoms. The van der Waals surface area contributed by atoms with Crippen LogP contribution in [-0.4, -0.2) is 12.6 Å². The minimum atomic E-state index is -0.113. The number of nitrogens with zero attached hydrogens (tertiary/aromatic N) is 1. The van der Waals surface area contributed by atoms with Crippen LogP contribution in [0, 0.1) is 4.91 Å². The zero-order valence-electron chi connectivity index (χ0n) is 4.13. The minimum Gasteiger partial charge on any atom is -0.362 e. The Morgan fingerprint density at radius 2 is 2.57 bits per heavy atom. The Morgan fingerprint density at radius 3 is 2.71 bits per heavy atom. The molecule has 0 aromatic heterocycles. The highest BCUT2D eigenvalue weighted by atomic mass is 16.7. The van der Waals surface area contributed by atoms with Gasteiger partial charge in [0, 0.05) is 6.04 Å². The fraction of sp³-hybridized carbons (Fsp3) is 1.00. The smallest absolute Gasteiger partial charge is 0.155 e. The lowest BCUT2D eigenvalue weighted by atomic mass is 10.4. The average Bonchev–Trinajstić information content (AvgIpc) is 1.61. The van der Waals surface area contributed by atoms with Gasteiger partial charge in [-0.25, -0.2) is 0 Å². The van der Waals surface area contributed by atoms with Crippen LogP contribution in [0.3, 0.4) is 0 Å². The van der Waals surface area contributed by atoms with Gasteiger partial charge in [-0.1, -0.05) is 0 Å². The predicted molar refractivity (Wildman–Crippen MR) is 25.4 cm³/mol. The molecular weight excluding hydrogens is 96.0 g/mol. The third kappa shape index (κ3) is 5.36. The van der Waals surface area contributed by atoms with Crippen LogP contribution < -0.4 is 5.73 Å². The van der Waals surface area contributed by atoms with Crippen LogP contribution in [-0.2, 0) is 4.84 Å². The summed E-state index contributed by atoms with van der Waals surface area (Å²) in [5.74, 6) is 0. The van der Waals surface area contributed by atoms with E-state index in [-0.39, 0.29) is 12.6 Å². The van der Waals surface area contributed by atoms with Crippen molar-refractivity contribution < 1.29 is 4.84 Å². The quantitative estimate of drug-likeness (QED) is 0.406. The summed E-state index contributed by atoms with van der Waals surface area (Å²) in [5.41, 5.74) is 5.15. The number of hydrogen-bond acceptors (Lipinski definition) is 4. The van der Waals surface area contributed by atoms with Gasteiger partial charge in [-0.3, -0.25) is 0 Å². The molecule has 0 radical (unpaired) electrons. The first-order valence-electron chi connectivity index (χ1n) is 1.97. The number of hydrogen-bond donors (Lipinski definition) is 1. The summed E-state index contributed by atoms with van der Waals surface area (Å²) in [6.07, 6.45) is 0. The predicted octanol–water partition coefficient (Wildman–Crippen LogP) is 0.0316. The molecule has 0 aromatic carbocycles. The lowest BCUT2D eigenvalue weighted by Crippen LogP contribution is -2.20. The van der Waals surface area contributed by atoms with Crippen molar-refractivity contribution in [3.05, 3.63) is 4.91 Å². The molecule has 0 aliphatic rings. The molecule has 0 aromatic rings. The molecule has 0 saturated heterocycles. The van der Waals surface area contributed by atoms with Crippen molar-refractivity contribution in [3.63, 3.8) is 0 Å². The fourth-order valence-corrected chi connectivity index (χ4v) is 0.148. The summed E-state index contributed by atoms with van der Waals surface area (Å²) < 4.78 is 0. The summed E-state index contributed by atoms with van der Waals surface area (Å²) in [6.45, 7) is 1.93. The first kappa shape index (κ1) is 6.36. The largest absolute Gasteiger partial charge is 0.362 e. The monoisotopic (exact) mass is 104 g/mol. The molecule has 0 aliphatic heterocycles. The maximum Gasteiger partial charge on any atom is 0.155 e. The second-order valence-electron chi connectivity index (χ2n) is 1.35. The van der Waals surface area contributed by atoms with Gasteiger partial charge in [0.2, 0.25) is 0 Å². The van der Waals surface area contributed by atoms with E-state index >= 15 is 0 Å². The van der Waals surface area contributed by atoms with Gasteiger partial charge in [-0.2, -0.15) is 0 Å². The Kier molecular flexibility index (Phi) is 3.22. The average molecular weight is 104 g/mol. The summed E-state index contributed by atoms with van der Waals surface area (Å²) in [7, 11) is 0. The van der Waals surface area contributed by atoms with Crippen molar-refractivity contribution in [3.8, 4) is 0 Å². The molecule has 0 spiro atoms. The van der Waals surface area contributed by atoms with E-state index < -0.39 is 0 Å². The Hall–Kier alpha value is -0.640. The summed E-state index contributed by atoms with van der Waals surface area (Å²) in [4.78, 5) is 13.2. The molecule has 0 heterocycles. The standard InChI is InChI=1S/C3H8N2O2/c1-3(4)2-7-5-6/h3H,2,4H2,1H3/t3-/m1/s1. The minimum absolute atomic E-state index is 0.113. The van der Waals surface area contributed by atoms with Crippen LogP contribution >= 0.6 is 0 Å². The van der Waals surface area contributed by atoms with Crippen LogP contribution in [0.2, 0.25) is 0 Å². The molecule has 0 saturated carbocycles. The molecule has 0 unspecified atom stereocenters. The molecule has 0 amide bonds. The highest BCUT2D eigenvalue weighted by molar-refractivity contribution is 4.45. The first-order valence-corrected chi connectivity index (χ1v) is 1.97. The molecule has 0 rings (SSSR count). The van der Waals surface area contributed by atoms with Crippen molar-refractivity contribution in [2.45, 2.75) is 13.0 Å². The van der Waals surface area contributed by atoms with Crippen molar-refractivity contribution in [2.24, 2.45) is 11.1 Å². The zero-order chi connectivity index (χ0) is 5.70. The van der Waals surface area contributed by atoms with E-state index in [2.05, 4.69) is 10.2 Å². The van der Waals surface area contributed by atoms with E-state index in [0.29, 0.717) is 0 Å². The van der Waals surface area contributed by atoms with Gasteiger partial charge >= 0.3 is 0 Å². The molecule has 0 bridgehead atoms. The second-order valence-corrected chi connectivity index (χ2v) is 1.35. The lowest BCUT2D eigenvalue weighted by molar-refractivity contribution is 0.129. The molecule has 4 nitrogen and oxygen atoms in total. The first-order chi connectivity index (χ1) is 3.27. The third-order valence-corrected chi connectivity index (χ3v) is 0.390. The highest BCUT2D eigenvalue weighted by Gasteiger charge is 1.90. The van der Waals surface area contributed by atoms with Crippen molar-refractivity contribution in [1.82, 2.24) is 0 Å². The van der Waals surface area contributed by atoms with E-state index in [4.69, 9.17) is 5.73 Å². The Balaban J connectivity index is 2.81. The van der Waals surface area contributed by atoms with Crippen LogP contribution in [0.4, 0.5) is 0 Å². The van der Waals surface area contributed by atoms with Gasteiger partial charge in [0.25, 0.3) is 0 Å². The lowest BCUT2D eigenvalue weighted by Gasteiger charge is -1.96. The van der Waals surface area contributed by atoms with Crippen molar-refractivity contribution >= 4 is 0 Å². The van der Waals surface area contributed by atoms with E-state index in [1.165, 1.54) is 0 Å². The maximum absolute atomic E-state index is 9.18. The van der Waals surface area contributed by atoms with Crippen molar-refractivity contribution in [1.29, 1.82) is 0 Å². The van der Waals surface area contributed by atoms with E-state index in [0.717, 1.165) is 0 Å². The zero-order valence-corrected chi connectivity index (χ0v) is 4.13. The number of nitrogens with two attached hydrogens (primary N) is 1. The van der Waals surface area contributed by atoms with Gasteiger partial charge in [0.1, 0.15) is 6.61 Å². The molecule has 0 aliphatic carbocycles. The Labute approximate surface area is 41.6 Å². The summed E-state index contributed by atoms with van der Waals surface area (Å²) in [5, 5.41) is 2.15.